The van der Waals surface area contributed by atoms with E-state index in [-0.39, 0.29) is 23.8 Å². The van der Waals surface area contributed by atoms with Crippen LogP contribution in [-0.4, -0.2) is 37.8 Å². The van der Waals surface area contributed by atoms with Crippen molar-refractivity contribution in [2.24, 2.45) is 10.9 Å². The minimum absolute atomic E-state index is 0.0379. The fourth-order valence-electron chi connectivity index (χ4n) is 6.07. The molecule has 1 unspecified atom stereocenters. The van der Waals surface area contributed by atoms with Crippen LogP contribution in [-0.2, 0) is 14.3 Å². The summed E-state index contributed by atoms with van der Waals surface area (Å²) in [6, 6.07) is 15.6. The van der Waals surface area contributed by atoms with E-state index in [0.717, 1.165) is 54.0 Å². The maximum atomic E-state index is 13.8. The van der Waals surface area contributed by atoms with E-state index in [1.54, 1.807) is 14.2 Å². The van der Waals surface area contributed by atoms with E-state index in [1.165, 1.54) is 6.42 Å². The van der Waals surface area contributed by atoms with Crippen LogP contribution in [0.5, 0.6) is 11.5 Å². The maximum Gasteiger partial charge on any atom is 0.315 e. The number of allylic oxidation sites excluding steroid dienone is 2. The van der Waals surface area contributed by atoms with Gasteiger partial charge in [-0.05, 0) is 80.3 Å². The third kappa shape index (κ3) is 5.20. The van der Waals surface area contributed by atoms with Gasteiger partial charge in [0.1, 0.15) is 23.5 Å². The third-order valence-corrected chi connectivity index (χ3v) is 8.04. The quantitative estimate of drug-likeness (QED) is 0.444. The molecule has 5 rings (SSSR count). The molecule has 2 aromatic rings. The molecule has 6 heteroatoms. The number of aliphatic imine (C=N–C) groups is 1. The Morgan fingerprint density at radius 3 is 2.03 bits per heavy atom. The molecule has 3 aliphatic rings. The Morgan fingerprint density at radius 1 is 0.838 bits per heavy atom. The molecule has 1 fully saturated rings. The highest BCUT2D eigenvalue weighted by Gasteiger charge is 2.45. The molecule has 0 spiro atoms. The largest absolute Gasteiger partial charge is 0.497 e. The Morgan fingerprint density at radius 2 is 1.43 bits per heavy atom. The van der Waals surface area contributed by atoms with Crippen molar-refractivity contribution in [3.8, 4) is 11.5 Å². The predicted molar refractivity (Wildman–Crippen MR) is 142 cm³/mol. The number of rotatable bonds is 6. The number of hydrogen-bond acceptors (Lipinski definition) is 6. The van der Waals surface area contributed by atoms with E-state index < -0.39 is 11.8 Å². The maximum absolute atomic E-state index is 13.8. The van der Waals surface area contributed by atoms with E-state index in [0.29, 0.717) is 24.1 Å². The second-order valence-electron chi connectivity index (χ2n) is 10.3. The van der Waals surface area contributed by atoms with Crippen molar-refractivity contribution < 1.29 is 23.8 Å². The summed E-state index contributed by atoms with van der Waals surface area (Å²) in [6.07, 6.45) is 6.14. The number of carbonyl (C=O) groups is 2. The second-order valence-corrected chi connectivity index (χ2v) is 10.3. The van der Waals surface area contributed by atoms with Crippen molar-refractivity contribution in [2.75, 3.05) is 14.2 Å². The molecule has 0 radical (unpaired) electrons. The lowest BCUT2D eigenvalue weighted by atomic mass is 9.69. The predicted octanol–water partition coefficient (Wildman–Crippen LogP) is 6.15. The standard InChI is InChI=1S/C31H35NO5/c1-19-28(31(34)37-25-7-5-4-6-8-25)29(21-11-15-24(36-3)16-12-21)30-26(32-19)17-22(18-27(30)33)20-9-13-23(35-2)14-10-20/h9-16,22,25,28-29H,4-8,17-18H2,1-3H3/t22-,28?,29-/m1/s1. The van der Waals surface area contributed by atoms with E-state index in [2.05, 4.69) is 0 Å². The van der Waals surface area contributed by atoms with Gasteiger partial charge in [0.2, 0.25) is 0 Å². The number of ether oxygens (including phenoxy) is 3. The van der Waals surface area contributed by atoms with Gasteiger partial charge in [0, 0.05) is 29.3 Å². The fraction of sp³-hybridized carbons (Fsp3) is 0.452. The van der Waals surface area contributed by atoms with Gasteiger partial charge in [-0.3, -0.25) is 14.6 Å². The number of nitrogens with zero attached hydrogens (tertiary/aromatic N) is 1. The Balaban J connectivity index is 1.50. The molecule has 0 N–H and O–H groups in total. The van der Waals surface area contributed by atoms with E-state index in [9.17, 15) is 9.59 Å². The summed E-state index contributed by atoms with van der Waals surface area (Å²) < 4.78 is 16.7. The minimum Gasteiger partial charge on any atom is -0.497 e. The van der Waals surface area contributed by atoms with Crippen LogP contribution in [0.15, 0.2) is 64.8 Å². The Bertz CT molecular complexity index is 1210. The third-order valence-electron chi connectivity index (χ3n) is 8.04. The summed E-state index contributed by atoms with van der Waals surface area (Å²) >= 11 is 0. The van der Waals surface area contributed by atoms with Crippen molar-refractivity contribution in [1.29, 1.82) is 0 Å². The van der Waals surface area contributed by atoms with Gasteiger partial charge in [0.05, 0.1) is 14.2 Å². The highest BCUT2D eigenvalue weighted by molar-refractivity contribution is 6.09. The molecule has 0 aromatic heterocycles. The molecule has 0 amide bonds. The molecule has 194 valence electrons. The summed E-state index contributed by atoms with van der Waals surface area (Å²) in [4.78, 5) is 32.3. The van der Waals surface area contributed by atoms with Gasteiger partial charge in [-0.15, -0.1) is 0 Å². The average Bonchev–Trinajstić information content (AvgIpc) is 2.92. The van der Waals surface area contributed by atoms with Gasteiger partial charge in [-0.25, -0.2) is 0 Å². The SMILES string of the molecule is COc1ccc([C@H]2CC(=O)C3=C(C2)N=C(C)C(C(=O)OC2CCCCC2)[C@H]3c2ccc(OC)cc2)cc1. The molecular weight excluding hydrogens is 466 g/mol. The molecule has 1 aliphatic heterocycles. The Hall–Kier alpha value is -3.41. The van der Waals surface area contributed by atoms with Crippen LogP contribution in [0.3, 0.4) is 0 Å². The number of methoxy groups -OCH3 is 2. The Labute approximate surface area is 218 Å². The highest BCUT2D eigenvalue weighted by Crippen LogP contribution is 2.47. The summed E-state index contributed by atoms with van der Waals surface area (Å²) in [5, 5.41) is 0. The lowest BCUT2D eigenvalue weighted by Gasteiger charge is -2.37. The second kappa shape index (κ2) is 10.9. The smallest absolute Gasteiger partial charge is 0.315 e. The van der Waals surface area contributed by atoms with Crippen LogP contribution < -0.4 is 9.47 Å². The van der Waals surface area contributed by atoms with Crippen LogP contribution in [0.2, 0.25) is 0 Å². The average molecular weight is 502 g/mol. The lowest BCUT2D eigenvalue weighted by Crippen LogP contribution is -2.39. The summed E-state index contributed by atoms with van der Waals surface area (Å²) in [5.41, 5.74) is 4.16. The van der Waals surface area contributed by atoms with Gasteiger partial charge < -0.3 is 14.2 Å². The summed E-state index contributed by atoms with van der Waals surface area (Å²) in [7, 11) is 3.27. The van der Waals surface area contributed by atoms with Crippen molar-refractivity contribution in [3.63, 3.8) is 0 Å². The Kier molecular flexibility index (Phi) is 7.45. The molecule has 3 atom stereocenters. The van der Waals surface area contributed by atoms with Gasteiger partial charge in [-0.1, -0.05) is 30.7 Å². The van der Waals surface area contributed by atoms with Gasteiger partial charge in [0.25, 0.3) is 0 Å². The number of hydrogen-bond donors (Lipinski definition) is 0. The van der Waals surface area contributed by atoms with Gasteiger partial charge in [-0.2, -0.15) is 0 Å². The van der Waals surface area contributed by atoms with E-state index in [1.807, 2.05) is 55.5 Å². The first-order valence-corrected chi connectivity index (χ1v) is 13.3. The molecule has 1 saturated carbocycles. The zero-order valence-corrected chi connectivity index (χ0v) is 21.9. The molecule has 2 aliphatic carbocycles. The zero-order chi connectivity index (χ0) is 25.9. The van der Waals surface area contributed by atoms with Crippen LogP contribution in [0, 0.1) is 5.92 Å². The first-order valence-electron chi connectivity index (χ1n) is 13.3. The van der Waals surface area contributed by atoms with Crippen LogP contribution in [0.25, 0.3) is 0 Å². The zero-order valence-electron chi connectivity index (χ0n) is 21.9. The number of carbonyl (C=O) groups excluding carboxylic acids is 2. The number of esters is 1. The topological polar surface area (TPSA) is 74.2 Å². The van der Waals surface area contributed by atoms with Crippen molar-refractivity contribution in [1.82, 2.24) is 0 Å². The van der Waals surface area contributed by atoms with Crippen molar-refractivity contribution >= 4 is 17.5 Å². The van der Waals surface area contributed by atoms with Crippen LogP contribution >= 0.6 is 0 Å². The first-order chi connectivity index (χ1) is 18.0. The fourth-order valence-corrected chi connectivity index (χ4v) is 6.07. The van der Waals surface area contributed by atoms with E-state index >= 15 is 0 Å². The highest BCUT2D eigenvalue weighted by atomic mass is 16.5. The molecule has 6 nitrogen and oxygen atoms in total. The first kappa shape index (κ1) is 25.2. The van der Waals surface area contributed by atoms with Crippen LogP contribution in [0.1, 0.15) is 74.8 Å². The van der Waals surface area contributed by atoms with Gasteiger partial charge in [0.15, 0.2) is 5.78 Å². The van der Waals surface area contributed by atoms with Crippen molar-refractivity contribution in [2.45, 2.75) is 69.8 Å². The lowest BCUT2D eigenvalue weighted by molar-refractivity contribution is -0.153. The number of Topliss-reactive ketones (excluding diaryl/α,β-unsaturated/α-hetero) is 1. The number of benzene rings is 2. The van der Waals surface area contributed by atoms with Crippen LogP contribution in [0.4, 0.5) is 0 Å². The normalized spacial score (nSPS) is 24.2. The molecule has 2 aromatic carbocycles. The van der Waals surface area contributed by atoms with E-state index in [4.69, 9.17) is 19.2 Å². The van der Waals surface area contributed by atoms with Crippen molar-refractivity contribution in [3.05, 3.63) is 70.9 Å². The monoisotopic (exact) mass is 501 g/mol. The molecular formula is C31H35NO5. The molecule has 0 saturated heterocycles. The number of ketones is 1. The summed E-state index contributed by atoms with van der Waals surface area (Å²) in [5.74, 6) is 0.303. The molecule has 0 bridgehead atoms. The minimum atomic E-state index is -0.615. The molecule has 37 heavy (non-hydrogen) atoms. The molecule has 1 heterocycles. The summed E-state index contributed by atoms with van der Waals surface area (Å²) in [6.45, 7) is 1.90. The van der Waals surface area contributed by atoms with Gasteiger partial charge >= 0.3 is 5.97 Å².